The van der Waals surface area contributed by atoms with Gasteiger partial charge in [0.25, 0.3) is 0 Å². The number of piperidine rings is 1. The molecular weight excluding hydrogens is 296 g/mol. The first-order chi connectivity index (χ1) is 11.0. The number of rotatable bonds is 6. The number of benzene rings is 1. The third-order valence-electron chi connectivity index (χ3n) is 4.46. The Kier molecular flexibility index (Phi) is 5.71. The number of anilines is 1. The number of carboxylic acids is 1. The van der Waals surface area contributed by atoms with E-state index in [-0.39, 0.29) is 11.3 Å². The molecule has 1 fully saturated rings. The van der Waals surface area contributed by atoms with E-state index in [1.54, 1.807) is 6.07 Å². The molecule has 0 unspecified atom stereocenters. The van der Waals surface area contributed by atoms with Gasteiger partial charge in [0, 0.05) is 11.6 Å². The van der Waals surface area contributed by atoms with Crippen molar-refractivity contribution >= 4 is 11.7 Å². The Morgan fingerprint density at radius 2 is 2.09 bits per heavy atom. The van der Waals surface area contributed by atoms with Crippen LogP contribution in [0.25, 0.3) is 0 Å². The number of hydrogen-bond donors (Lipinski definition) is 2. The summed E-state index contributed by atoms with van der Waals surface area (Å²) in [6.45, 7) is 4.63. The van der Waals surface area contributed by atoms with Crippen LogP contribution in [-0.2, 0) is 6.42 Å². The SMILES string of the molecule is CCc1c(OC)c(OCC2CCN(C)CC2)cc(N)c1C(=O)O. The highest BCUT2D eigenvalue weighted by atomic mass is 16.5. The molecule has 1 aliphatic heterocycles. The van der Waals surface area contributed by atoms with E-state index >= 15 is 0 Å². The number of nitrogens with zero attached hydrogens (tertiary/aromatic N) is 1. The van der Waals surface area contributed by atoms with E-state index < -0.39 is 5.97 Å². The van der Waals surface area contributed by atoms with E-state index in [0.29, 0.717) is 36.0 Å². The van der Waals surface area contributed by atoms with Crippen molar-refractivity contribution in [2.75, 3.05) is 39.6 Å². The lowest BCUT2D eigenvalue weighted by molar-refractivity contribution is 0.0696. The summed E-state index contributed by atoms with van der Waals surface area (Å²) in [5, 5.41) is 9.37. The van der Waals surface area contributed by atoms with Gasteiger partial charge in [-0.2, -0.15) is 0 Å². The molecule has 0 amide bonds. The lowest BCUT2D eigenvalue weighted by Crippen LogP contribution is -2.32. The molecular formula is C17H26N2O4. The fourth-order valence-corrected chi connectivity index (χ4v) is 3.07. The fourth-order valence-electron chi connectivity index (χ4n) is 3.07. The Labute approximate surface area is 137 Å². The zero-order valence-corrected chi connectivity index (χ0v) is 14.1. The third kappa shape index (κ3) is 3.88. The van der Waals surface area contributed by atoms with E-state index in [4.69, 9.17) is 15.2 Å². The van der Waals surface area contributed by atoms with Gasteiger partial charge in [0.15, 0.2) is 11.5 Å². The Morgan fingerprint density at radius 3 is 2.61 bits per heavy atom. The number of likely N-dealkylation sites (tertiary alicyclic amines) is 1. The van der Waals surface area contributed by atoms with Crippen LogP contribution in [0.1, 0.15) is 35.7 Å². The maximum Gasteiger partial charge on any atom is 0.338 e. The highest BCUT2D eigenvalue weighted by Gasteiger charge is 2.23. The van der Waals surface area contributed by atoms with Crippen molar-refractivity contribution in [3.8, 4) is 11.5 Å². The van der Waals surface area contributed by atoms with Gasteiger partial charge in [0.05, 0.1) is 25.0 Å². The van der Waals surface area contributed by atoms with Crippen LogP contribution in [0.15, 0.2) is 6.07 Å². The summed E-state index contributed by atoms with van der Waals surface area (Å²) < 4.78 is 11.4. The molecule has 1 heterocycles. The molecule has 0 radical (unpaired) electrons. The average molecular weight is 322 g/mol. The van der Waals surface area contributed by atoms with Crippen LogP contribution in [-0.4, -0.2) is 49.8 Å². The van der Waals surface area contributed by atoms with Crippen molar-refractivity contribution < 1.29 is 19.4 Å². The first-order valence-corrected chi connectivity index (χ1v) is 8.01. The maximum absolute atomic E-state index is 11.4. The standard InChI is InChI=1S/C17H26N2O4/c1-4-12-15(17(20)21)13(18)9-14(16(12)22-3)23-10-11-5-7-19(2)8-6-11/h9,11H,4-8,10,18H2,1-3H3,(H,20,21). The van der Waals surface area contributed by atoms with Crippen molar-refractivity contribution in [3.63, 3.8) is 0 Å². The van der Waals surface area contributed by atoms with Crippen LogP contribution in [0, 0.1) is 5.92 Å². The highest BCUT2D eigenvalue weighted by Crippen LogP contribution is 2.38. The summed E-state index contributed by atoms with van der Waals surface area (Å²) in [5.74, 6) is 0.471. The minimum absolute atomic E-state index is 0.107. The van der Waals surface area contributed by atoms with Crippen molar-refractivity contribution in [2.24, 2.45) is 5.92 Å². The molecule has 2 rings (SSSR count). The molecule has 1 aromatic rings. The number of carbonyl (C=O) groups is 1. The van der Waals surface area contributed by atoms with E-state index in [1.807, 2.05) is 6.92 Å². The Balaban J connectivity index is 2.21. The number of aromatic carboxylic acids is 1. The van der Waals surface area contributed by atoms with Crippen molar-refractivity contribution in [1.29, 1.82) is 0 Å². The Bertz CT molecular complexity index is 566. The minimum atomic E-state index is -1.04. The van der Waals surface area contributed by atoms with Gasteiger partial charge in [0.1, 0.15) is 0 Å². The summed E-state index contributed by atoms with van der Waals surface area (Å²) >= 11 is 0. The van der Waals surface area contributed by atoms with E-state index in [1.165, 1.54) is 7.11 Å². The molecule has 1 saturated heterocycles. The molecule has 0 bridgehead atoms. The van der Waals surface area contributed by atoms with E-state index in [9.17, 15) is 9.90 Å². The molecule has 0 spiro atoms. The Morgan fingerprint density at radius 1 is 1.43 bits per heavy atom. The monoisotopic (exact) mass is 322 g/mol. The quantitative estimate of drug-likeness (QED) is 0.782. The van der Waals surface area contributed by atoms with Gasteiger partial charge in [-0.25, -0.2) is 4.79 Å². The minimum Gasteiger partial charge on any atom is -0.493 e. The third-order valence-corrected chi connectivity index (χ3v) is 4.46. The van der Waals surface area contributed by atoms with Crippen LogP contribution >= 0.6 is 0 Å². The molecule has 6 nitrogen and oxygen atoms in total. The fraction of sp³-hybridized carbons (Fsp3) is 0.588. The van der Waals surface area contributed by atoms with Crippen LogP contribution in [0.4, 0.5) is 5.69 Å². The number of carboxylic acid groups (broad SMARTS) is 1. The lowest BCUT2D eigenvalue weighted by atomic mass is 9.98. The smallest absolute Gasteiger partial charge is 0.338 e. The van der Waals surface area contributed by atoms with Crippen molar-refractivity contribution in [1.82, 2.24) is 4.90 Å². The zero-order chi connectivity index (χ0) is 17.0. The van der Waals surface area contributed by atoms with Gasteiger partial charge in [-0.3, -0.25) is 0 Å². The van der Waals surface area contributed by atoms with E-state index in [0.717, 1.165) is 25.9 Å². The maximum atomic E-state index is 11.4. The van der Waals surface area contributed by atoms with Gasteiger partial charge in [-0.15, -0.1) is 0 Å². The van der Waals surface area contributed by atoms with Crippen molar-refractivity contribution in [2.45, 2.75) is 26.2 Å². The van der Waals surface area contributed by atoms with Crippen LogP contribution in [0.5, 0.6) is 11.5 Å². The summed E-state index contributed by atoms with van der Waals surface area (Å²) in [6, 6.07) is 1.57. The van der Waals surface area contributed by atoms with Gasteiger partial charge in [0.2, 0.25) is 0 Å². The summed E-state index contributed by atoms with van der Waals surface area (Å²) in [4.78, 5) is 13.7. The first kappa shape index (κ1) is 17.4. The molecule has 0 atom stereocenters. The summed E-state index contributed by atoms with van der Waals surface area (Å²) in [7, 11) is 3.65. The van der Waals surface area contributed by atoms with E-state index in [2.05, 4.69) is 11.9 Å². The van der Waals surface area contributed by atoms with Gasteiger partial charge in [-0.1, -0.05) is 6.92 Å². The predicted molar refractivity (Wildman–Crippen MR) is 89.5 cm³/mol. The molecule has 1 aromatic carbocycles. The first-order valence-electron chi connectivity index (χ1n) is 8.01. The lowest BCUT2D eigenvalue weighted by Gasteiger charge is -2.29. The number of ether oxygens (including phenoxy) is 2. The van der Waals surface area contributed by atoms with Gasteiger partial charge in [-0.05, 0) is 45.3 Å². The Hall–Kier alpha value is -1.95. The molecule has 23 heavy (non-hydrogen) atoms. The van der Waals surface area contributed by atoms with Crippen LogP contribution in [0.2, 0.25) is 0 Å². The second kappa shape index (κ2) is 7.55. The molecule has 0 aromatic heterocycles. The van der Waals surface area contributed by atoms with Gasteiger partial charge >= 0.3 is 5.97 Å². The number of nitrogen functional groups attached to an aromatic ring is 1. The van der Waals surface area contributed by atoms with Gasteiger partial charge < -0.3 is 25.2 Å². The zero-order valence-electron chi connectivity index (χ0n) is 14.1. The largest absolute Gasteiger partial charge is 0.493 e. The topological polar surface area (TPSA) is 85.0 Å². The second-order valence-corrected chi connectivity index (χ2v) is 6.07. The number of methoxy groups -OCH3 is 1. The second-order valence-electron chi connectivity index (χ2n) is 6.07. The molecule has 6 heteroatoms. The van der Waals surface area contributed by atoms with Crippen LogP contribution < -0.4 is 15.2 Å². The summed E-state index contributed by atoms with van der Waals surface area (Å²) in [5.41, 5.74) is 6.83. The van der Waals surface area contributed by atoms with Crippen LogP contribution in [0.3, 0.4) is 0 Å². The molecule has 128 valence electrons. The predicted octanol–water partition coefficient (Wildman–Crippen LogP) is 2.26. The molecule has 0 saturated carbocycles. The normalized spacial score (nSPS) is 16.3. The molecule has 0 aliphatic carbocycles. The summed E-state index contributed by atoms with van der Waals surface area (Å²) in [6.07, 6.45) is 2.71. The van der Waals surface area contributed by atoms with Crippen molar-refractivity contribution in [3.05, 3.63) is 17.2 Å². The average Bonchev–Trinajstić information content (AvgIpc) is 2.53. The molecule has 3 N–H and O–H groups in total. The number of nitrogens with two attached hydrogens (primary N) is 1. The molecule has 1 aliphatic rings. The number of hydrogen-bond acceptors (Lipinski definition) is 5. The highest BCUT2D eigenvalue weighted by molar-refractivity contribution is 5.97.